The summed E-state index contributed by atoms with van der Waals surface area (Å²) in [7, 11) is 0. The number of allylic oxidation sites excluding steroid dienone is 2. The number of unbranched alkanes of at least 4 members (excludes halogenated alkanes) is 26. The van der Waals surface area contributed by atoms with E-state index in [1.54, 1.807) is 0 Å². The van der Waals surface area contributed by atoms with Crippen molar-refractivity contribution in [2.75, 3.05) is 0 Å². The first-order chi connectivity index (χ1) is 24.3. The van der Waals surface area contributed by atoms with E-state index in [-0.39, 0.29) is 0 Å². The average molecular weight is 669 g/mol. The van der Waals surface area contributed by atoms with Crippen molar-refractivity contribution in [2.24, 2.45) is 9.98 Å². The van der Waals surface area contributed by atoms with Crippen molar-refractivity contribution in [1.82, 2.24) is 0 Å². The highest BCUT2D eigenvalue weighted by Crippen LogP contribution is 2.19. The molecule has 2 aromatic carbocycles. The van der Waals surface area contributed by atoms with Crippen LogP contribution in [0.15, 0.2) is 82.8 Å². The molecule has 0 aliphatic carbocycles. The number of aliphatic imine (C=N–C) groups is 2. The second-order valence-electron chi connectivity index (χ2n) is 14.5. The summed E-state index contributed by atoms with van der Waals surface area (Å²) in [5.41, 5.74) is 4.11. The van der Waals surface area contributed by atoms with E-state index in [9.17, 15) is 0 Å². The first kappa shape index (κ1) is 42.7. The summed E-state index contributed by atoms with van der Waals surface area (Å²) in [5, 5.41) is 0. The van der Waals surface area contributed by atoms with E-state index in [1.165, 1.54) is 167 Å². The molecule has 2 heteroatoms. The molecule has 0 fully saturated rings. The third-order valence-corrected chi connectivity index (χ3v) is 9.84. The first-order valence-electron chi connectivity index (χ1n) is 21.3. The Morgan fingerprint density at radius 1 is 0.408 bits per heavy atom. The van der Waals surface area contributed by atoms with Gasteiger partial charge in [0.15, 0.2) is 0 Å². The molecule has 0 atom stereocenters. The molecule has 49 heavy (non-hydrogen) atoms. The van der Waals surface area contributed by atoms with Gasteiger partial charge in [0.2, 0.25) is 0 Å². The van der Waals surface area contributed by atoms with Crippen LogP contribution in [0.3, 0.4) is 0 Å². The Bertz CT molecular complexity index is 1070. The van der Waals surface area contributed by atoms with Gasteiger partial charge in [0.05, 0.1) is 22.8 Å². The number of hydrogen-bond donors (Lipinski definition) is 0. The Morgan fingerprint density at radius 2 is 0.755 bits per heavy atom. The molecular weight excluding hydrogens is 593 g/mol. The minimum atomic E-state index is 0.957. The number of hydrogen-bond acceptors (Lipinski definition) is 2. The summed E-state index contributed by atoms with van der Waals surface area (Å²) in [5.74, 6) is 0. The summed E-state index contributed by atoms with van der Waals surface area (Å²) >= 11 is 0. The van der Waals surface area contributed by atoms with Crippen molar-refractivity contribution in [2.45, 2.75) is 200 Å². The molecule has 0 N–H and O–H groups in total. The fourth-order valence-electron chi connectivity index (χ4n) is 6.70. The summed E-state index contributed by atoms with van der Waals surface area (Å²) in [6.07, 6.45) is 44.7. The van der Waals surface area contributed by atoms with Crippen LogP contribution in [0.1, 0.15) is 200 Å². The van der Waals surface area contributed by atoms with E-state index in [2.05, 4.69) is 86.7 Å². The molecule has 0 amide bonds. The summed E-state index contributed by atoms with van der Waals surface area (Å²) < 4.78 is 0. The lowest BCUT2D eigenvalue weighted by atomic mass is 10.0. The lowest BCUT2D eigenvalue weighted by Crippen LogP contribution is -2.12. The Balaban J connectivity index is 1.51. The predicted octanol–water partition coefficient (Wildman–Crippen LogP) is 16.4. The second kappa shape index (κ2) is 32.7. The highest BCUT2D eigenvalue weighted by Gasteiger charge is 2.08. The van der Waals surface area contributed by atoms with Crippen molar-refractivity contribution in [1.29, 1.82) is 0 Å². The van der Waals surface area contributed by atoms with Crippen LogP contribution in [0.5, 0.6) is 0 Å². The van der Waals surface area contributed by atoms with Crippen LogP contribution in [0.25, 0.3) is 0 Å². The molecular formula is C47H76N2. The molecule has 0 radical (unpaired) electrons. The number of rotatable bonds is 33. The van der Waals surface area contributed by atoms with Crippen LogP contribution >= 0.6 is 0 Å². The highest BCUT2D eigenvalue weighted by molar-refractivity contribution is 6.47. The molecule has 2 aromatic rings. The summed E-state index contributed by atoms with van der Waals surface area (Å²) in [6, 6.07) is 20.7. The van der Waals surface area contributed by atoms with Gasteiger partial charge in [-0.2, -0.15) is 0 Å². The maximum Gasteiger partial charge on any atom is 0.0848 e. The topological polar surface area (TPSA) is 24.7 Å². The number of nitrogens with zero attached hydrogens (tertiary/aromatic N) is 2. The predicted molar refractivity (Wildman–Crippen MR) is 221 cm³/mol. The van der Waals surface area contributed by atoms with Crippen molar-refractivity contribution in [3.63, 3.8) is 0 Å². The molecule has 0 spiro atoms. The Hall–Kier alpha value is -2.48. The average Bonchev–Trinajstić information content (AvgIpc) is 3.13. The quantitative estimate of drug-likeness (QED) is 0.0534. The molecule has 0 saturated carbocycles. The summed E-state index contributed by atoms with van der Waals surface area (Å²) in [4.78, 5) is 10.1. The van der Waals surface area contributed by atoms with Crippen molar-refractivity contribution in [3.05, 3.63) is 72.8 Å². The van der Waals surface area contributed by atoms with Crippen molar-refractivity contribution >= 4 is 22.8 Å². The Kier molecular flexibility index (Phi) is 28.5. The standard InChI is InChI=1S/C47H76N2/c1-3-5-7-8-9-10-11-12-13-14-15-16-17-18-19-20-21-22-23-24-25-26-27-28-29-37-43-47(49-45-40-35-31-36-41-45)46(42-32-6-4-2)48-44-38-33-30-34-39-44/h30-31,33-41,43H,3-29,32,42H2,1-2H3. The van der Waals surface area contributed by atoms with E-state index in [1.807, 2.05) is 0 Å². The first-order valence-corrected chi connectivity index (χ1v) is 21.3. The molecule has 274 valence electrons. The maximum absolute atomic E-state index is 5.08. The van der Waals surface area contributed by atoms with Crippen molar-refractivity contribution in [3.8, 4) is 0 Å². The van der Waals surface area contributed by atoms with Gasteiger partial charge in [-0.05, 0) is 56.0 Å². The lowest BCUT2D eigenvalue weighted by molar-refractivity contribution is 0.517. The minimum absolute atomic E-state index is 0.957. The van der Waals surface area contributed by atoms with E-state index in [0.29, 0.717) is 0 Å². The Labute approximate surface area is 304 Å². The molecule has 0 aromatic heterocycles. The van der Waals surface area contributed by atoms with E-state index >= 15 is 0 Å². The van der Waals surface area contributed by atoms with Gasteiger partial charge in [-0.25, -0.2) is 4.99 Å². The smallest absolute Gasteiger partial charge is 0.0848 e. The van der Waals surface area contributed by atoms with Gasteiger partial charge in [-0.3, -0.25) is 4.99 Å². The third kappa shape index (κ3) is 25.2. The molecule has 0 aliphatic rings. The molecule has 2 rings (SSSR count). The Morgan fingerprint density at radius 3 is 1.16 bits per heavy atom. The molecule has 0 saturated heterocycles. The molecule has 0 unspecified atom stereocenters. The fourth-order valence-corrected chi connectivity index (χ4v) is 6.70. The largest absolute Gasteiger partial charge is 0.251 e. The van der Waals surface area contributed by atoms with Crippen LogP contribution in [-0.2, 0) is 0 Å². The lowest BCUT2D eigenvalue weighted by Gasteiger charge is -2.08. The van der Waals surface area contributed by atoms with Crippen LogP contribution < -0.4 is 0 Å². The zero-order chi connectivity index (χ0) is 34.7. The van der Waals surface area contributed by atoms with Gasteiger partial charge in [-0.1, -0.05) is 217 Å². The summed E-state index contributed by atoms with van der Waals surface area (Å²) in [6.45, 7) is 4.56. The minimum Gasteiger partial charge on any atom is -0.251 e. The van der Waals surface area contributed by atoms with Gasteiger partial charge in [-0.15, -0.1) is 0 Å². The normalized spacial score (nSPS) is 12.4. The van der Waals surface area contributed by atoms with Crippen LogP contribution in [0, 0.1) is 0 Å². The SMILES string of the molecule is CCCCCCCCCCCCCCCCCCCCCCCCCCC=CC(=Nc1ccccc1)C(CCCCC)=Nc1ccccc1. The fraction of sp³-hybridized carbons (Fsp3) is 0.660. The zero-order valence-corrected chi connectivity index (χ0v) is 32.3. The van der Waals surface area contributed by atoms with Crippen LogP contribution in [0.2, 0.25) is 0 Å². The van der Waals surface area contributed by atoms with Gasteiger partial charge in [0, 0.05) is 0 Å². The number of para-hydroxylation sites is 2. The number of benzene rings is 2. The van der Waals surface area contributed by atoms with Crippen LogP contribution in [0.4, 0.5) is 11.4 Å². The van der Waals surface area contributed by atoms with Gasteiger partial charge < -0.3 is 0 Å². The maximum atomic E-state index is 5.08. The van der Waals surface area contributed by atoms with Gasteiger partial charge in [0.1, 0.15) is 0 Å². The molecule has 0 bridgehead atoms. The van der Waals surface area contributed by atoms with E-state index < -0.39 is 0 Å². The zero-order valence-electron chi connectivity index (χ0n) is 32.3. The molecule has 0 aliphatic heterocycles. The van der Waals surface area contributed by atoms with E-state index in [4.69, 9.17) is 9.98 Å². The third-order valence-electron chi connectivity index (χ3n) is 9.84. The molecule has 0 heterocycles. The van der Waals surface area contributed by atoms with Crippen LogP contribution in [-0.4, -0.2) is 11.4 Å². The molecule has 2 nitrogen and oxygen atoms in total. The van der Waals surface area contributed by atoms with Crippen molar-refractivity contribution < 1.29 is 0 Å². The highest BCUT2D eigenvalue weighted by atomic mass is 14.8. The van der Waals surface area contributed by atoms with Gasteiger partial charge in [0.25, 0.3) is 0 Å². The monoisotopic (exact) mass is 669 g/mol. The van der Waals surface area contributed by atoms with Gasteiger partial charge >= 0.3 is 0 Å². The van der Waals surface area contributed by atoms with E-state index in [0.717, 1.165) is 42.1 Å². The second-order valence-corrected chi connectivity index (χ2v) is 14.5.